The molecule has 8 atom stereocenters. The van der Waals surface area contributed by atoms with Crippen molar-refractivity contribution in [2.45, 2.75) is 98.5 Å². The van der Waals surface area contributed by atoms with Crippen molar-refractivity contribution in [3.63, 3.8) is 0 Å². The van der Waals surface area contributed by atoms with Gasteiger partial charge in [0, 0.05) is 18.3 Å². The second-order valence-corrected chi connectivity index (χ2v) is 12.7. The van der Waals surface area contributed by atoms with Crippen molar-refractivity contribution in [2.24, 2.45) is 46.3 Å². The molecule has 0 amide bonds. The zero-order chi connectivity index (χ0) is 24.8. The standard InChI is InChI=1S/C30H46O4/c1-18(2)19(3)7-8-20(4)24-9-10-25-28-26(12-13-29(24,25)6)30(17-34-21(5)31)14-11-23(32)15-22(30)16-27(28)33/h16,18,20,23-26,28,32H,3,7-15,17H2,1-2,4-6H3/t20-,23+,24-,25+,26+,28+,29-,30-/m1/s1. The van der Waals surface area contributed by atoms with Crippen molar-refractivity contribution < 1.29 is 19.4 Å². The number of carbonyl (C=O) groups is 2. The summed E-state index contributed by atoms with van der Waals surface area (Å²) < 4.78 is 5.65. The van der Waals surface area contributed by atoms with Crippen molar-refractivity contribution in [3.8, 4) is 0 Å². The predicted octanol–water partition coefficient (Wildman–Crippen LogP) is 6.28. The van der Waals surface area contributed by atoms with Gasteiger partial charge in [-0.15, -0.1) is 0 Å². The Kier molecular flexibility index (Phi) is 7.22. The lowest BCUT2D eigenvalue weighted by atomic mass is 9.46. The van der Waals surface area contributed by atoms with E-state index in [-0.39, 0.29) is 34.4 Å². The molecule has 0 heterocycles. The topological polar surface area (TPSA) is 63.6 Å². The van der Waals surface area contributed by atoms with Gasteiger partial charge in [-0.25, -0.2) is 0 Å². The Bertz CT molecular complexity index is 856. The molecule has 0 spiro atoms. The summed E-state index contributed by atoms with van der Waals surface area (Å²) in [5.74, 6) is 2.48. The molecule has 3 saturated carbocycles. The highest BCUT2D eigenvalue weighted by molar-refractivity contribution is 5.94. The Morgan fingerprint density at radius 1 is 1.18 bits per heavy atom. The maximum absolute atomic E-state index is 13.6. The molecule has 0 aromatic heterocycles. The van der Waals surface area contributed by atoms with E-state index in [0.717, 1.165) is 44.1 Å². The fourth-order valence-electron chi connectivity index (χ4n) is 8.57. The van der Waals surface area contributed by atoms with Crippen LogP contribution in [0.3, 0.4) is 0 Å². The van der Waals surface area contributed by atoms with Gasteiger partial charge in [-0.3, -0.25) is 9.59 Å². The number of ether oxygens (including phenoxy) is 1. The number of ketones is 1. The molecule has 4 rings (SSSR count). The first-order chi connectivity index (χ1) is 16.0. The first-order valence-electron chi connectivity index (χ1n) is 13.7. The smallest absolute Gasteiger partial charge is 0.302 e. The van der Waals surface area contributed by atoms with E-state index in [9.17, 15) is 14.7 Å². The number of aliphatic hydroxyl groups is 1. The van der Waals surface area contributed by atoms with E-state index in [1.165, 1.54) is 25.3 Å². The molecule has 0 bridgehead atoms. The Labute approximate surface area is 206 Å². The zero-order valence-electron chi connectivity index (χ0n) is 22.1. The molecule has 0 aromatic rings. The van der Waals surface area contributed by atoms with Gasteiger partial charge in [0.15, 0.2) is 5.78 Å². The number of carbonyl (C=O) groups excluding carboxylic acids is 2. The van der Waals surface area contributed by atoms with E-state index in [2.05, 4.69) is 34.3 Å². The van der Waals surface area contributed by atoms with Crippen molar-refractivity contribution in [1.29, 1.82) is 0 Å². The van der Waals surface area contributed by atoms with E-state index in [0.29, 0.717) is 36.7 Å². The molecule has 3 fully saturated rings. The molecule has 4 heteroatoms. The van der Waals surface area contributed by atoms with Crippen LogP contribution in [0.2, 0.25) is 0 Å². The van der Waals surface area contributed by atoms with Gasteiger partial charge in [0.25, 0.3) is 0 Å². The van der Waals surface area contributed by atoms with Crippen molar-refractivity contribution >= 4 is 11.8 Å². The van der Waals surface area contributed by atoms with Gasteiger partial charge in [-0.2, -0.15) is 0 Å². The molecule has 4 nitrogen and oxygen atoms in total. The summed E-state index contributed by atoms with van der Waals surface area (Å²) in [6.45, 7) is 15.5. The molecular formula is C30H46O4. The summed E-state index contributed by atoms with van der Waals surface area (Å²) in [5, 5.41) is 10.4. The summed E-state index contributed by atoms with van der Waals surface area (Å²) in [4.78, 5) is 25.4. The van der Waals surface area contributed by atoms with E-state index in [1.807, 2.05) is 6.08 Å². The number of hydrogen-bond donors (Lipinski definition) is 1. The molecule has 4 aliphatic carbocycles. The lowest BCUT2D eigenvalue weighted by Crippen LogP contribution is -2.56. The minimum absolute atomic E-state index is 0.0242. The maximum atomic E-state index is 13.6. The Hall–Kier alpha value is -1.42. The van der Waals surface area contributed by atoms with Crippen LogP contribution in [0.4, 0.5) is 0 Å². The van der Waals surface area contributed by atoms with Crippen LogP contribution < -0.4 is 0 Å². The van der Waals surface area contributed by atoms with Crippen LogP contribution >= 0.6 is 0 Å². The molecule has 0 unspecified atom stereocenters. The lowest BCUT2D eigenvalue weighted by molar-refractivity contribution is -0.152. The summed E-state index contributed by atoms with van der Waals surface area (Å²) in [7, 11) is 0. The molecule has 4 aliphatic rings. The van der Waals surface area contributed by atoms with Gasteiger partial charge in [-0.1, -0.05) is 45.4 Å². The number of fused-ring (bicyclic) bond motifs is 5. The second-order valence-electron chi connectivity index (χ2n) is 12.7. The van der Waals surface area contributed by atoms with Crippen LogP contribution in [0.1, 0.15) is 92.4 Å². The van der Waals surface area contributed by atoms with Gasteiger partial charge in [0.05, 0.1) is 6.10 Å². The monoisotopic (exact) mass is 470 g/mol. The van der Waals surface area contributed by atoms with Crippen LogP contribution in [-0.2, 0) is 14.3 Å². The van der Waals surface area contributed by atoms with Crippen molar-refractivity contribution in [3.05, 3.63) is 23.8 Å². The average molecular weight is 471 g/mol. The third-order valence-electron chi connectivity index (χ3n) is 10.7. The largest absolute Gasteiger partial charge is 0.465 e. The van der Waals surface area contributed by atoms with Crippen LogP contribution in [0.15, 0.2) is 23.8 Å². The fourth-order valence-corrected chi connectivity index (χ4v) is 8.57. The second kappa shape index (κ2) is 9.56. The van der Waals surface area contributed by atoms with E-state index in [4.69, 9.17) is 4.74 Å². The van der Waals surface area contributed by atoms with E-state index < -0.39 is 6.10 Å². The van der Waals surface area contributed by atoms with E-state index in [1.54, 1.807) is 0 Å². The van der Waals surface area contributed by atoms with Gasteiger partial charge in [0.2, 0.25) is 0 Å². The van der Waals surface area contributed by atoms with Crippen LogP contribution in [0, 0.1) is 46.3 Å². The summed E-state index contributed by atoms with van der Waals surface area (Å²) >= 11 is 0. The van der Waals surface area contributed by atoms with Crippen LogP contribution in [0.5, 0.6) is 0 Å². The molecular weight excluding hydrogens is 424 g/mol. The minimum atomic E-state index is -0.396. The van der Waals surface area contributed by atoms with Gasteiger partial charge in [0.1, 0.15) is 6.61 Å². The molecule has 190 valence electrons. The first-order valence-corrected chi connectivity index (χ1v) is 13.7. The quantitative estimate of drug-likeness (QED) is 0.351. The molecule has 0 radical (unpaired) electrons. The third kappa shape index (κ3) is 4.33. The fraction of sp³-hybridized carbons (Fsp3) is 0.800. The van der Waals surface area contributed by atoms with Crippen molar-refractivity contribution in [2.75, 3.05) is 6.61 Å². The lowest BCUT2D eigenvalue weighted by Gasteiger charge is -2.58. The van der Waals surface area contributed by atoms with Crippen molar-refractivity contribution in [1.82, 2.24) is 0 Å². The van der Waals surface area contributed by atoms with Gasteiger partial charge in [-0.05, 0) is 98.9 Å². The first kappa shape index (κ1) is 25.7. The molecule has 34 heavy (non-hydrogen) atoms. The van der Waals surface area contributed by atoms with Crippen LogP contribution in [0.25, 0.3) is 0 Å². The summed E-state index contributed by atoms with van der Waals surface area (Å²) in [6, 6.07) is 0. The highest BCUT2D eigenvalue weighted by Crippen LogP contribution is 2.66. The van der Waals surface area contributed by atoms with Crippen LogP contribution in [-0.4, -0.2) is 29.6 Å². The Morgan fingerprint density at radius 2 is 1.91 bits per heavy atom. The predicted molar refractivity (Wildman–Crippen MR) is 135 cm³/mol. The Balaban J connectivity index is 1.59. The number of hydrogen-bond acceptors (Lipinski definition) is 4. The molecule has 0 aliphatic heterocycles. The van der Waals surface area contributed by atoms with E-state index >= 15 is 0 Å². The summed E-state index contributed by atoms with van der Waals surface area (Å²) in [6.07, 6.45) is 10.3. The Morgan fingerprint density at radius 3 is 2.59 bits per heavy atom. The molecule has 0 aromatic carbocycles. The SMILES string of the molecule is C=C(CC[C@@H](C)[C@H]1CC[C@H]2[C@@H]3C(=O)C=C4C[C@@H](O)CC[C@]4(COC(C)=O)[C@H]3CC[C@]12C)C(C)C. The average Bonchev–Trinajstić information content (AvgIpc) is 3.13. The highest BCUT2D eigenvalue weighted by atomic mass is 16.5. The number of esters is 1. The summed E-state index contributed by atoms with van der Waals surface area (Å²) in [5.41, 5.74) is 2.31. The minimum Gasteiger partial charge on any atom is -0.465 e. The molecule has 1 N–H and O–H groups in total. The van der Waals surface area contributed by atoms with Gasteiger partial charge >= 0.3 is 5.97 Å². The normalized spacial score (nSPS) is 40.1. The maximum Gasteiger partial charge on any atom is 0.302 e. The number of allylic oxidation sites excluding steroid dienone is 2. The third-order valence-corrected chi connectivity index (χ3v) is 10.7. The number of rotatable bonds is 7. The van der Waals surface area contributed by atoms with Gasteiger partial charge < -0.3 is 9.84 Å². The zero-order valence-corrected chi connectivity index (χ0v) is 22.1. The number of aliphatic hydroxyl groups excluding tert-OH is 1. The molecule has 0 saturated heterocycles. The highest BCUT2D eigenvalue weighted by Gasteiger charge is 2.62.